The van der Waals surface area contributed by atoms with Crippen LogP contribution in [0, 0.1) is 19.7 Å². The summed E-state index contributed by atoms with van der Waals surface area (Å²) in [6.45, 7) is 3.34. The van der Waals surface area contributed by atoms with Crippen LogP contribution in [0.4, 0.5) is 14.9 Å². The molecule has 1 spiro atoms. The van der Waals surface area contributed by atoms with Gasteiger partial charge in [-0.2, -0.15) is 0 Å². The topological polar surface area (TPSA) is 78.5 Å². The molecule has 0 aromatic heterocycles. The van der Waals surface area contributed by atoms with Gasteiger partial charge in [0.15, 0.2) is 0 Å². The molecule has 0 bridgehead atoms. The molecule has 150 valence electrons. The van der Waals surface area contributed by atoms with E-state index in [-0.39, 0.29) is 0 Å². The van der Waals surface area contributed by atoms with Gasteiger partial charge in [-0.15, -0.1) is 11.8 Å². The number of hydrogen-bond donors (Lipinski definition) is 2. The van der Waals surface area contributed by atoms with Crippen LogP contribution < -0.4 is 10.6 Å². The number of rotatable bonds is 3. The Balaban J connectivity index is 1.59. The van der Waals surface area contributed by atoms with E-state index in [0.717, 1.165) is 20.9 Å². The number of carbonyl (C=O) groups excluding carboxylic acids is 3. The Bertz CT molecular complexity index is 1020. The SMILES string of the molecule is Cc1cccc(C)c1NC(=O)CN1C(=O)NC2(CCSc3ccc(F)cc32)C1=O. The number of aryl methyl sites for hydroxylation is 2. The number of halogens is 1. The maximum Gasteiger partial charge on any atom is 0.325 e. The van der Waals surface area contributed by atoms with E-state index in [1.165, 1.54) is 23.9 Å². The molecule has 4 rings (SSSR count). The van der Waals surface area contributed by atoms with Gasteiger partial charge < -0.3 is 10.6 Å². The van der Waals surface area contributed by atoms with Gasteiger partial charge >= 0.3 is 6.03 Å². The monoisotopic (exact) mass is 413 g/mol. The maximum atomic E-state index is 13.9. The minimum absolute atomic E-state index is 0.341. The number of thioether (sulfide) groups is 1. The first-order valence-corrected chi connectivity index (χ1v) is 10.2. The van der Waals surface area contributed by atoms with E-state index in [2.05, 4.69) is 10.6 Å². The van der Waals surface area contributed by atoms with Gasteiger partial charge in [-0.05, 0) is 49.6 Å². The van der Waals surface area contributed by atoms with Gasteiger partial charge in [-0.25, -0.2) is 9.18 Å². The number of imide groups is 1. The van der Waals surface area contributed by atoms with Crippen molar-refractivity contribution >= 4 is 35.3 Å². The molecule has 1 unspecified atom stereocenters. The molecule has 0 radical (unpaired) electrons. The molecule has 0 aliphatic carbocycles. The Labute approximate surface area is 171 Å². The fourth-order valence-electron chi connectivity index (χ4n) is 3.87. The predicted octanol–water partition coefficient (Wildman–Crippen LogP) is 3.32. The normalized spacial score (nSPS) is 20.6. The first-order chi connectivity index (χ1) is 13.8. The number of para-hydroxylation sites is 1. The lowest BCUT2D eigenvalue weighted by Gasteiger charge is -2.32. The number of carbonyl (C=O) groups is 3. The summed E-state index contributed by atoms with van der Waals surface area (Å²) in [7, 11) is 0. The Kier molecular flexibility index (Phi) is 4.82. The molecule has 2 N–H and O–H groups in total. The van der Waals surface area contributed by atoms with Gasteiger partial charge in [0, 0.05) is 21.9 Å². The van der Waals surface area contributed by atoms with Crippen LogP contribution in [-0.4, -0.2) is 35.0 Å². The van der Waals surface area contributed by atoms with E-state index in [1.807, 2.05) is 32.0 Å². The second kappa shape index (κ2) is 7.18. The number of hydrogen-bond acceptors (Lipinski definition) is 4. The average Bonchev–Trinajstić information content (AvgIpc) is 2.90. The molecule has 1 saturated heterocycles. The predicted molar refractivity (Wildman–Crippen MR) is 108 cm³/mol. The Morgan fingerprint density at radius 1 is 1.24 bits per heavy atom. The highest BCUT2D eigenvalue weighted by Crippen LogP contribution is 2.43. The van der Waals surface area contributed by atoms with Crippen LogP contribution in [-0.2, 0) is 15.1 Å². The minimum atomic E-state index is -1.32. The quantitative estimate of drug-likeness (QED) is 0.757. The first kappa shape index (κ1) is 19.4. The second-order valence-electron chi connectivity index (χ2n) is 7.28. The van der Waals surface area contributed by atoms with Crippen LogP contribution >= 0.6 is 11.8 Å². The highest BCUT2D eigenvalue weighted by Gasteiger charge is 2.54. The Hall–Kier alpha value is -2.87. The zero-order valence-corrected chi connectivity index (χ0v) is 16.9. The number of fused-ring (bicyclic) bond motifs is 2. The lowest BCUT2D eigenvalue weighted by molar-refractivity contribution is -0.134. The maximum absolute atomic E-state index is 13.9. The number of nitrogens with one attached hydrogen (secondary N) is 2. The number of benzene rings is 2. The molecule has 1 atom stereocenters. The van der Waals surface area contributed by atoms with Crippen LogP contribution in [0.5, 0.6) is 0 Å². The number of nitrogens with zero attached hydrogens (tertiary/aromatic N) is 1. The van der Waals surface area contributed by atoms with Crippen molar-refractivity contribution in [2.24, 2.45) is 0 Å². The third-order valence-electron chi connectivity index (χ3n) is 5.36. The number of urea groups is 1. The standard InChI is InChI=1S/C21H20FN3O3S/c1-12-4-3-5-13(2)18(12)23-17(26)11-25-19(27)21(24-20(25)28)8-9-29-16-7-6-14(22)10-15(16)21/h3-7,10H,8-9,11H2,1-2H3,(H,23,26)(H,24,28). The molecule has 6 nitrogen and oxygen atoms in total. The molecule has 2 aliphatic rings. The molecule has 8 heteroatoms. The van der Waals surface area contributed by atoms with E-state index in [1.54, 1.807) is 6.07 Å². The summed E-state index contributed by atoms with van der Waals surface area (Å²) in [4.78, 5) is 40.1. The van der Waals surface area contributed by atoms with E-state index in [4.69, 9.17) is 0 Å². The lowest BCUT2D eigenvalue weighted by atomic mass is 9.86. The largest absolute Gasteiger partial charge is 0.325 e. The molecule has 29 heavy (non-hydrogen) atoms. The second-order valence-corrected chi connectivity index (χ2v) is 8.42. The molecule has 1 fully saturated rings. The van der Waals surface area contributed by atoms with Crippen LogP contribution in [0.25, 0.3) is 0 Å². The van der Waals surface area contributed by atoms with Crippen molar-refractivity contribution < 1.29 is 18.8 Å². The van der Waals surface area contributed by atoms with Crippen molar-refractivity contribution in [3.05, 3.63) is 58.9 Å². The third kappa shape index (κ3) is 3.27. The lowest BCUT2D eigenvalue weighted by Crippen LogP contribution is -2.47. The van der Waals surface area contributed by atoms with Gasteiger partial charge in [0.2, 0.25) is 5.91 Å². The summed E-state index contributed by atoms with van der Waals surface area (Å²) < 4.78 is 13.9. The van der Waals surface area contributed by atoms with Crippen molar-refractivity contribution in [3.8, 4) is 0 Å². The van der Waals surface area contributed by atoms with Crippen molar-refractivity contribution in [3.63, 3.8) is 0 Å². The molecular formula is C21H20FN3O3S. The highest BCUT2D eigenvalue weighted by atomic mass is 32.2. The summed E-state index contributed by atoms with van der Waals surface area (Å²) in [5, 5.41) is 5.51. The van der Waals surface area contributed by atoms with Gasteiger partial charge in [-0.3, -0.25) is 14.5 Å². The van der Waals surface area contributed by atoms with Crippen molar-refractivity contribution in [1.82, 2.24) is 10.2 Å². The first-order valence-electron chi connectivity index (χ1n) is 9.25. The summed E-state index contributed by atoms with van der Waals surface area (Å²) in [5.41, 5.74) is 1.57. The third-order valence-corrected chi connectivity index (χ3v) is 6.43. The molecule has 4 amide bonds. The summed E-state index contributed by atoms with van der Waals surface area (Å²) >= 11 is 1.51. The highest BCUT2D eigenvalue weighted by molar-refractivity contribution is 7.99. The van der Waals surface area contributed by atoms with E-state index in [0.29, 0.717) is 23.4 Å². The Morgan fingerprint density at radius 3 is 2.69 bits per heavy atom. The van der Waals surface area contributed by atoms with Crippen LogP contribution in [0.2, 0.25) is 0 Å². The van der Waals surface area contributed by atoms with Crippen LogP contribution in [0.1, 0.15) is 23.1 Å². The minimum Gasteiger partial charge on any atom is -0.324 e. The number of amides is 4. The van der Waals surface area contributed by atoms with E-state index < -0.39 is 35.7 Å². The van der Waals surface area contributed by atoms with Crippen molar-refractivity contribution in [2.45, 2.75) is 30.7 Å². The zero-order valence-electron chi connectivity index (χ0n) is 16.0. The van der Waals surface area contributed by atoms with E-state index in [9.17, 15) is 18.8 Å². The molecule has 0 saturated carbocycles. The van der Waals surface area contributed by atoms with Gasteiger partial charge in [0.1, 0.15) is 17.9 Å². The average molecular weight is 413 g/mol. The van der Waals surface area contributed by atoms with Crippen LogP contribution in [0.15, 0.2) is 41.3 Å². The molecule has 2 heterocycles. The van der Waals surface area contributed by atoms with Gasteiger partial charge in [-0.1, -0.05) is 18.2 Å². The fourth-order valence-corrected chi connectivity index (χ4v) is 5.05. The van der Waals surface area contributed by atoms with Crippen molar-refractivity contribution in [2.75, 3.05) is 17.6 Å². The number of anilines is 1. The fraction of sp³-hybridized carbons (Fsp3) is 0.286. The van der Waals surface area contributed by atoms with Gasteiger partial charge in [0.25, 0.3) is 5.91 Å². The molecule has 2 aromatic carbocycles. The smallest absolute Gasteiger partial charge is 0.324 e. The van der Waals surface area contributed by atoms with Crippen molar-refractivity contribution in [1.29, 1.82) is 0 Å². The van der Waals surface area contributed by atoms with Crippen LogP contribution in [0.3, 0.4) is 0 Å². The van der Waals surface area contributed by atoms with Gasteiger partial charge in [0.05, 0.1) is 0 Å². The summed E-state index contributed by atoms with van der Waals surface area (Å²) in [5.74, 6) is -0.856. The summed E-state index contributed by atoms with van der Waals surface area (Å²) in [6, 6.07) is 9.23. The summed E-state index contributed by atoms with van der Waals surface area (Å²) in [6.07, 6.45) is 0.341. The molecular weight excluding hydrogens is 393 g/mol. The molecule has 2 aromatic rings. The Morgan fingerprint density at radius 2 is 1.97 bits per heavy atom. The molecule has 2 aliphatic heterocycles. The van der Waals surface area contributed by atoms with E-state index >= 15 is 0 Å². The zero-order chi connectivity index (χ0) is 20.8.